The van der Waals surface area contributed by atoms with Crippen molar-refractivity contribution in [2.75, 3.05) is 104 Å². The number of fused-ring (bicyclic) bond motifs is 1. The zero-order valence-corrected chi connectivity index (χ0v) is 36.2. The molecule has 0 saturated carbocycles. The van der Waals surface area contributed by atoms with E-state index in [9.17, 15) is 66.5 Å². The van der Waals surface area contributed by atoms with E-state index in [1.54, 1.807) is 56.0 Å². The fourth-order valence-electron chi connectivity index (χ4n) is 7.70. The van der Waals surface area contributed by atoms with Crippen molar-refractivity contribution < 1.29 is 61.3 Å². The number of sulfone groups is 1. The average Bonchev–Trinajstić information content (AvgIpc) is 3.57. The lowest BCUT2D eigenvalue weighted by Gasteiger charge is -2.32. The van der Waals surface area contributed by atoms with Crippen LogP contribution in [0.5, 0.6) is 0 Å². The Morgan fingerprint density at radius 2 is 1.34 bits per heavy atom. The van der Waals surface area contributed by atoms with E-state index >= 15 is 0 Å². The highest BCUT2D eigenvalue weighted by molar-refractivity contribution is 7.91. The summed E-state index contributed by atoms with van der Waals surface area (Å²) in [6, 6.07) is 12.8. The number of rotatable bonds is 18. The number of amides is 2. The molecule has 23 heteroatoms. The summed E-state index contributed by atoms with van der Waals surface area (Å²) < 4.78 is 55.3. The lowest BCUT2D eigenvalue weighted by atomic mass is 10.0. The number of benzene rings is 2. The number of carbonyl (C=O) groups is 6. The van der Waals surface area contributed by atoms with Gasteiger partial charge in [0.05, 0.1) is 67.1 Å². The van der Waals surface area contributed by atoms with Crippen molar-refractivity contribution in [2.45, 2.75) is 29.7 Å². The average molecular weight is 928 g/mol. The molecule has 2 fully saturated rings. The van der Waals surface area contributed by atoms with Gasteiger partial charge in [-0.1, -0.05) is 18.2 Å². The van der Waals surface area contributed by atoms with Gasteiger partial charge < -0.3 is 25.4 Å². The van der Waals surface area contributed by atoms with Gasteiger partial charge in [0.25, 0.3) is 11.8 Å². The molecule has 1 atom stereocenters. The molecule has 3 aromatic rings. The normalized spacial score (nSPS) is 18.5. The number of hydrazine groups is 1. The second-order valence-electron chi connectivity index (χ2n) is 15.8. The smallest absolute Gasteiger partial charge is 0.317 e. The number of nitrogens with one attached hydrogen (secondary N) is 1. The lowest BCUT2D eigenvalue weighted by molar-refractivity contribution is -0.140. The largest absolute Gasteiger partial charge is 0.480 e. The van der Waals surface area contributed by atoms with Gasteiger partial charge in [-0.05, 0) is 47.9 Å². The van der Waals surface area contributed by atoms with Gasteiger partial charge in [-0.25, -0.2) is 17.2 Å². The van der Waals surface area contributed by atoms with Crippen molar-refractivity contribution in [3.05, 3.63) is 60.3 Å². The maximum Gasteiger partial charge on any atom is 0.317 e. The second kappa shape index (κ2) is 22.7. The highest BCUT2D eigenvalue weighted by Crippen LogP contribution is 2.34. The fourth-order valence-corrected chi connectivity index (χ4v) is 9.01. The molecule has 4 N–H and O–H groups in total. The van der Waals surface area contributed by atoms with Crippen LogP contribution in [0.2, 0.25) is 0 Å². The van der Waals surface area contributed by atoms with Crippen LogP contribution in [0.3, 0.4) is 0 Å². The first kappa shape index (κ1) is 50.0. The third-order valence-corrected chi connectivity index (χ3v) is 12.8. The van der Waals surface area contributed by atoms with Crippen molar-refractivity contribution in [1.82, 2.24) is 39.9 Å². The number of halogens is 2. The molecule has 350 valence electrons. The quantitative estimate of drug-likeness (QED) is 0.0997. The molecule has 20 nitrogen and oxygen atoms in total. The van der Waals surface area contributed by atoms with Gasteiger partial charge in [-0.2, -0.15) is 10.3 Å². The highest BCUT2D eigenvalue weighted by Gasteiger charge is 2.48. The van der Waals surface area contributed by atoms with Crippen LogP contribution in [0.15, 0.2) is 59.6 Å². The lowest BCUT2D eigenvalue weighted by Crippen LogP contribution is -2.50. The molecule has 2 amide bonds. The maximum atomic E-state index is 14.3. The molecular formula is C42H51F2N9O11S. The van der Waals surface area contributed by atoms with Crippen LogP contribution in [0.25, 0.3) is 22.0 Å². The Bertz CT molecular complexity index is 2340. The predicted molar refractivity (Wildman–Crippen MR) is 228 cm³/mol. The molecule has 1 aromatic heterocycles. The molecule has 0 aliphatic carbocycles. The number of nitrogens with zero attached hydrogens (tertiary/aromatic N) is 8. The van der Waals surface area contributed by atoms with Crippen molar-refractivity contribution in [3.63, 3.8) is 0 Å². The Morgan fingerprint density at radius 3 is 1.85 bits per heavy atom. The predicted octanol–water partition coefficient (Wildman–Crippen LogP) is 0.446. The molecule has 2 aliphatic heterocycles. The first-order valence-corrected chi connectivity index (χ1v) is 22.4. The molecule has 1 unspecified atom stereocenters. The van der Waals surface area contributed by atoms with E-state index in [4.69, 9.17) is 0 Å². The van der Waals surface area contributed by atoms with Gasteiger partial charge in [0.1, 0.15) is 12.3 Å². The zero-order valence-electron chi connectivity index (χ0n) is 35.4. The number of hydrogen-bond donors (Lipinski definition) is 4. The van der Waals surface area contributed by atoms with Gasteiger partial charge in [-0.15, -0.1) is 0 Å². The van der Waals surface area contributed by atoms with Crippen LogP contribution in [0.1, 0.15) is 23.2 Å². The van der Waals surface area contributed by atoms with Gasteiger partial charge >= 0.3 is 17.9 Å². The van der Waals surface area contributed by atoms with E-state index in [2.05, 4.69) is 10.3 Å². The van der Waals surface area contributed by atoms with E-state index < -0.39 is 71.0 Å². The monoisotopic (exact) mass is 927 g/mol. The number of carbonyl (C=O) groups excluding carboxylic acids is 3. The van der Waals surface area contributed by atoms with Crippen LogP contribution in [-0.2, 0) is 33.8 Å². The molecule has 2 saturated heterocycles. The van der Waals surface area contributed by atoms with Gasteiger partial charge in [-0.3, -0.25) is 53.6 Å². The Kier molecular flexibility index (Phi) is 17.5. The molecule has 0 spiro atoms. The van der Waals surface area contributed by atoms with Gasteiger partial charge in [0.15, 0.2) is 9.84 Å². The summed E-state index contributed by atoms with van der Waals surface area (Å²) in [5, 5.41) is 42.6. The summed E-state index contributed by atoms with van der Waals surface area (Å²) in [4.78, 5) is 84.0. The summed E-state index contributed by atoms with van der Waals surface area (Å²) in [7, 11) is -3.82. The van der Waals surface area contributed by atoms with Crippen LogP contribution in [-0.4, -0.2) is 210 Å². The van der Waals surface area contributed by atoms with E-state index in [0.717, 1.165) is 10.0 Å². The van der Waals surface area contributed by atoms with E-state index in [1.807, 2.05) is 0 Å². The summed E-state index contributed by atoms with van der Waals surface area (Å²) in [6.07, 6.45) is 1.02. The number of aldehydes is 1. The van der Waals surface area contributed by atoms with Crippen molar-refractivity contribution in [1.29, 1.82) is 5.26 Å². The molecule has 0 bridgehead atoms. The number of carboxylic acids is 3. The fraction of sp³-hybridized carbons (Fsp3) is 0.476. The number of hydrogen-bond acceptors (Lipinski definition) is 15. The number of carboxylic acid groups (broad SMARTS) is 3. The Balaban J connectivity index is 1.20. The number of aliphatic carboxylic acids is 3. The van der Waals surface area contributed by atoms with Gasteiger partial charge in [0.2, 0.25) is 5.91 Å². The SMILES string of the molecule is N#CC1CC(F)(F)CN1N(CC=O)C(=O)c1ccnc2ccc(-c3ccc(S(=O)(=O)CCCNC(=O)CN4CCN(CC(=O)O)CCN(CC(=O)O)CCN(CC(=O)O)CC4)cc3)cc12. The molecule has 5 rings (SSSR count). The number of aromatic nitrogens is 1. The summed E-state index contributed by atoms with van der Waals surface area (Å²) in [6.45, 7) is -0.655. The maximum absolute atomic E-state index is 14.3. The summed E-state index contributed by atoms with van der Waals surface area (Å²) in [5.41, 5.74) is 1.58. The minimum absolute atomic E-state index is 0.0205. The second-order valence-corrected chi connectivity index (χ2v) is 17.9. The number of nitriles is 1. The first-order chi connectivity index (χ1) is 30.9. The van der Waals surface area contributed by atoms with E-state index in [1.165, 1.54) is 24.4 Å². The number of alkyl halides is 2. The third kappa shape index (κ3) is 14.5. The molecular weight excluding hydrogens is 877 g/mol. The molecule has 0 radical (unpaired) electrons. The number of pyridine rings is 1. The standard InChI is InChI=1S/C42H51F2N9O11S/c43-42(44)23-32(24-45)53(29-42)52(19-20-54)41(62)34-8-10-46-36-7-4-31(22-35(34)36)30-2-5-33(6-3-30)65(63,64)21-1-9-47-37(55)25-48-11-13-49(26-38(56)57)15-17-51(28-40(60)61)18-16-50(14-12-48)27-39(58)59/h2-8,10,20,22,32H,1,9,11-19,21,23,25-29H2,(H,47,55)(H,56,57)(H,58,59)(H,60,61). The minimum Gasteiger partial charge on any atom is -0.480 e. The summed E-state index contributed by atoms with van der Waals surface area (Å²) in [5.74, 6) is -7.97. The highest BCUT2D eigenvalue weighted by atomic mass is 32.2. The van der Waals surface area contributed by atoms with Crippen LogP contribution in [0, 0.1) is 11.3 Å². The summed E-state index contributed by atoms with van der Waals surface area (Å²) >= 11 is 0. The minimum atomic E-state index is -3.82. The molecule has 2 aromatic carbocycles. The van der Waals surface area contributed by atoms with Crippen LogP contribution >= 0.6 is 0 Å². The van der Waals surface area contributed by atoms with Crippen molar-refractivity contribution in [2.24, 2.45) is 0 Å². The molecule has 3 heterocycles. The topological polar surface area (TPSA) is 265 Å². The van der Waals surface area contributed by atoms with Gasteiger partial charge in [0, 0.05) is 76.9 Å². The Labute approximate surface area is 373 Å². The zero-order chi connectivity index (χ0) is 47.3. The van der Waals surface area contributed by atoms with E-state index in [0.29, 0.717) is 28.3 Å². The van der Waals surface area contributed by atoms with E-state index in [-0.39, 0.29) is 108 Å². The van der Waals surface area contributed by atoms with Crippen molar-refractivity contribution in [3.8, 4) is 17.2 Å². The van der Waals surface area contributed by atoms with Crippen LogP contribution < -0.4 is 5.32 Å². The van der Waals surface area contributed by atoms with Crippen LogP contribution in [0.4, 0.5) is 8.78 Å². The van der Waals surface area contributed by atoms with Crippen molar-refractivity contribution >= 4 is 56.7 Å². The molecule has 2 aliphatic rings. The Morgan fingerprint density at radius 1 is 0.815 bits per heavy atom. The molecule has 65 heavy (non-hydrogen) atoms. The first-order valence-electron chi connectivity index (χ1n) is 20.7. The Hall–Kier alpha value is -6.03. The third-order valence-electron chi connectivity index (χ3n) is 11.0.